The normalized spacial score (nSPS) is 22.2. The van der Waals surface area contributed by atoms with Gasteiger partial charge in [-0.2, -0.15) is 0 Å². The van der Waals surface area contributed by atoms with Gasteiger partial charge in [0.05, 0.1) is 13.5 Å². The Bertz CT molecular complexity index is 754. The van der Waals surface area contributed by atoms with Crippen LogP contribution in [0.25, 0.3) is 0 Å². The Labute approximate surface area is 179 Å². The van der Waals surface area contributed by atoms with Crippen LogP contribution in [0.4, 0.5) is 0 Å². The lowest BCUT2D eigenvalue weighted by atomic mass is 9.81. The van der Waals surface area contributed by atoms with Crippen LogP contribution in [0.5, 0.6) is 5.75 Å². The molecule has 0 N–H and O–H groups in total. The quantitative estimate of drug-likeness (QED) is 0.642. The van der Waals surface area contributed by atoms with Crippen molar-refractivity contribution in [3.05, 3.63) is 29.3 Å². The molecular weight excluding hydrogens is 380 g/mol. The largest absolute Gasteiger partial charge is 0.497 e. The first-order chi connectivity index (χ1) is 14.6. The third kappa shape index (κ3) is 4.97. The fourth-order valence-corrected chi connectivity index (χ4v) is 4.88. The lowest BCUT2D eigenvalue weighted by molar-refractivity contribution is -0.144. The fourth-order valence-electron chi connectivity index (χ4n) is 4.88. The number of nitrogens with zero attached hydrogens (tertiary/aromatic N) is 2. The standard InChI is InChI=1S/C24H34N2O4/c1-29-21-8-9-22-19(16-21)6-3-7-20(22)17-23(27)30-15-14-25-10-12-26(13-11-25)24(28)18-4-2-5-18/h8-9,16,18,20H,2-7,10-15,17H2,1H3. The van der Waals surface area contributed by atoms with E-state index in [2.05, 4.69) is 17.0 Å². The van der Waals surface area contributed by atoms with Gasteiger partial charge in [-0.15, -0.1) is 0 Å². The molecule has 1 aromatic carbocycles. The summed E-state index contributed by atoms with van der Waals surface area (Å²) in [7, 11) is 1.69. The molecule has 1 heterocycles. The number of esters is 1. The summed E-state index contributed by atoms with van der Waals surface area (Å²) < 4.78 is 10.9. The lowest BCUT2D eigenvalue weighted by Crippen LogP contribution is -2.51. The molecule has 2 fully saturated rings. The number of piperazine rings is 1. The van der Waals surface area contributed by atoms with Crippen LogP contribution in [0.2, 0.25) is 0 Å². The molecule has 6 heteroatoms. The Morgan fingerprint density at radius 2 is 1.87 bits per heavy atom. The maximum absolute atomic E-state index is 12.4. The minimum atomic E-state index is -0.109. The lowest BCUT2D eigenvalue weighted by Gasteiger charge is -2.38. The molecule has 3 aliphatic rings. The van der Waals surface area contributed by atoms with Gasteiger partial charge in [-0.05, 0) is 61.3 Å². The second kappa shape index (κ2) is 9.82. The number of carbonyl (C=O) groups excluding carboxylic acids is 2. The summed E-state index contributed by atoms with van der Waals surface area (Å²) in [5, 5.41) is 0. The van der Waals surface area contributed by atoms with Gasteiger partial charge < -0.3 is 14.4 Å². The first-order valence-electron chi connectivity index (χ1n) is 11.5. The van der Waals surface area contributed by atoms with Crippen molar-refractivity contribution in [2.45, 2.75) is 50.9 Å². The van der Waals surface area contributed by atoms with Crippen molar-refractivity contribution in [3.8, 4) is 5.75 Å². The average Bonchev–Trinajstić information content (AvgIpc) is 2.72. The molecule has 0 bridgehead atoms. The average molecular weight is 415 g/mol. The third-order valence-corrected chi connectivity index (χ3v) is 7.01. The summed E-state index contributed by atoms with van der Waals surface area (Å²) in [4.78, 5) is 29.1. The molecule has 0 aromatic heterocycles. The van der Waals surface area contributed by atoms with E-state index < -0.39 is 0 Å². The Hall–Kier alpha value is -2.08. The van der Waals surface area contributed by atoms with Crippen molar-refractivity contribution < 1.29 is 19.1 Å². The van der Waals surface area contributed by atoms with Crippen LogP contribution in [-0.4, -0.2) is 68.1 Å². The van der Waals surface area contributed by atoms with Crippen molar-refractivity contribution >= 4 is 11.9 Å². The molecular formula is C24H34N2O4. The minimum absolute atomic E-state index is 0.109. The maximum Gasteiger partial charge on any atom is 0.306 e. The van der Waals surface area contributed by atoms with Crippen LogP contribution in [0.15, 0.2) is 18.2 Å². The Morgan fingerprint density at radius 1 is 1.07 bits per heavy atom. The minimum Gasteiger partial charge on any atom is -0.497 e. The molecule has 30 heavy (non-hydrogen) atoms. The molecule has 1 amide bonds. The van der Waals surface area contributed by atoms with Crippen molar-refractivity contribution in [2.75, 3.05) is 46.4 Å². The third-order valence-electron chi connectivity index (χ3n) is 7.01. The first kappa shape index (κ1) is 21.2. The highest BCUT2D eigenvalue weighted by Gasteiger charge is 2.31. The summed E-state index contributed by atoms with van der Waals surface area (Å²) in [6.45, 7) is 4.51. The summed E-state index contributed by atoms with van der Waals surface area (Å²) in [6, 6.07) is 6.19. The van der Waals surface area contributed by atoms with Crippen molar-refractivity contribution in [3.63, 3.8) is 0 Å². The van der Waals surface area contributed by atoms with Gasteiger partial charge in [0.1, 0.15) is 12.4 Å². The number of methoxy groups -OCH3 is 1. The molecule has 164 valence electrons. The molecule has 1 atom stereocenters. The van der Waals surface area contributed by atoms with E-state index in [0.29, 0.717) is 18.9 Å². The summed E-state index contributed by atoms with van der Waals surface area (Å²) >= 11 is 0. The zero-order chi connectivity index (χ0) is 20.9. The number of ether oxygens (including phenoxy) is 2. The van der Waals surface area contributed by atoms with Crippen LogP contribution in [0, 0.1) is 5.92 Å². The van der Waals surface area contributed by atoms with E-state index in [1.807, 2.05) is 11.0 Å². The van der Waals surface area contributed by atoms with Crippen LogP contribution >= 0.6 is 0 Å². The predicted molar refractivity (Wildman–Crippen MR) is 115 cm³/mol. The summed E-state index contributed by atoms with van der Waals surface area (Å²) in [6.07, 6.45) is 6.95. The van der Waals surface area contributed by atoms with E-state index in [9.17, 15) is 9.59 Å². The van der Waals surface area contributed by atoms with E-state index in [0.717, 1.165) is 70.6 Å². The molecule has 0 radical (unpaired) electrons. The molecule has 4 rings (SSSR count). The molecule has 1 unspecified atom stereocenters. The monoisotopic (exact) mass is 414 g/mol. The zero-order valence-corrected chi connectivity index (χ0v) is 18.1. The topological polar surface area (TPSA) is 59.1 Å². The van der Waals surface area contributed by atoms with Gasteiger partial charge in [0.25, 0.3) is 0 Å². The molecule has 2 aliphatic carbocycles. The van der Waals surface area contributed by atoms with Crippen molar-refractivity contribution in [1.82, 2.24) is 9.80 Å². The Balaban J connectivity index is 1.17. The fraction of sp³-hybridized carbons (Fsp3) is 0.667. The predicted octanol–water partition coefficient (Wildman–Crippen LogP) is 2.99. The molecule has 1 aliphatic heterocycles. The van der Waals surface area contributed by atoms with Crippen LogP contribution in [0.3, 0.4) is 0 Å². The summed E-state index contributed by atoms with van der Waals surface area (Å²) in [5.74, 6) is 1.64. The van der Waals surface area contributed by atoms with E-state index in [-0.39, 0.29) is 17.8 Å². The van der Waals surface area contributed by atoms with Gasteiger partial charge in [0.2, 0.25) is 5.91 Å². The number of benzene rings is 1. The number of aryl methyl sites for hydroxylation is 1. The highest BCUT2D eigenvalue weighted by molar-refractivity contribution is 5.79. The van der Waals surface area contributed by atoms with Crippen LogP contribution in [-0.2, 0) is 20.7 Å². The molecule has 1 aromatic rings. The van der Waals surface area contributed by atoms with Crippen molar-refractivity contribution in [1.29, 1.82) is 0 Å². The number of fused-ring (bicyclic) bond motifs is 1. The smallest absolute Gasteiger partial charge is 0.306 e. The Kier molecular flexibility index (Phi) is 6.93. The zero-order valence-electron chi connectivity index (χ0n) is 18.1. The van der Waals surface area contributed by atoms with Gasteiger partial charge in [-0.25, -0.2) is 0 Å². The van der Waals surface area contributed by atoms with E-state index in [1.165, 1.54) is 17.5 Å². The second-order valence-corrected chi connectivity index (χ2v) is 8.87. The Morgan fingerprint density at radius 3 is 2.57 bits per heavy atom. The number of hydrogen-bond donors (Lipinski definition) is 0. The van der Waals surface area contributed by atoms with E-state index in [4.69, 9.17) is 9.47 Å². The van der Waals surface area contributed by atoms with Gasteiger partial charge in [0, 0.05) is 38.6 Å². The second-order valence-electron chi connectivity index (χ2n) is 8.87. The number of rotatable bonds is 7. The first-order valence-corrected chi connectivity index (χ1v) is 11.5. The van der Waals surface area contributed by atoms with Gasteiger partial charge in [-0.3, -0.25) is 14.5 Å². The van der Waals surface area contributed by atoms with Gasteiger partial charge in [0.15, 0.2) is 0 Å². The molecule has 0 spiro atoms. The number of amides is 1. The SMILES string of the molecule is COc1ccc2c(c1)CCCC2CC(=O)OCCN1CCN(C(=O)C2CCC2)CC1. The van der Waals surface area contributed by atoms with Crippen molar-refractivity contribution in [2.24, 2.45) is 5.92 Å². The van der Waals surface area contributed by atoms with Crippen LogP contribution in [0.1, 0.15) is 55.6 Å². The highest BCUT2D eigenvalue weighted by Crippen LogP contribution is 2.36. The number of hydrogen-bond acceptors (Lipinski definition) is 5. The molecule has 1 saturated heterocycles. The van der Waals surface area contributed by atoms with E-state index >= 15 is 0 Å². The highest BCUT2D eigenvalue weighted by atomic mass is 16.5. The number of carbonyl (C=O) groups is 2. The van der Waals surface area contributed by atoms with Gasteiger partial charge in [-0.1, -0.05) is 12.5 Å². The van der Waals surface area contributed by atoms with Gasteiger partial charge >= 0.3 is 5.97 Å². The summed E-state index contributed by atoms with van der Waals surface area (Å²) in [5.41, 5.74) is 2.57. The van der Waals surface area contributed by atoms with E-state index in [1.54, 1.807) is 7.11 Å². The molecule has 1 saturated carbocycles. The maximum atomic E-state index is 12.4. The van der Waals surface area contributed by atoms with Crippen LogP contribution < -0.4 is 4.74 Å². The molecule has 6 nitrogen and oxygen atoms in total.